The molecule has 31 heavy (non-hydrogen) atoms. The van der Waals surface area contributed by atoms with Crippen LogP contribution in [0.25, 0.3) is 11.1 Å². The Morgan fingerprint density at radius 1 is 1.29 bits per heavy atom. The minimum Gasteiger partial charge on any atom is -0.327 e. The summed E-state index contributed by atoms with van der Waals surface area (Å²) >= 11 is 1.35. The molecule has 1 amide bonds. The van der Waals surface area contributed by atoms with Gasteiger partial charge in [0.25, 0.3) is 0 Å². The van der Waals surface area contributed by atoms with E-state index in [-0.39, 0.29) is 18.2 Å². The Bertz CT molecular complexity index is 1180. The average molecular weight is 438 g/mol. The van der Waals surface area contributed by atoms with Crippen molar-refractivity contribution in [2.24, 2.45) is 5.73 Å². The van der Waals surface area contributed by atoms with Crippen LogP contribution < -0.4 is 11.1 Å². The number of nitrogens with two attached hydrogens (primary N) is 1. The summed E-state index contributed by atoms with van der Waals surface area (Å²) in [5, 5.41) is 13.0. The molecule has 0 radical (unpaired) electrons. The van der Waals surface area contributed by atoms with Crippen molar-refractivity contribution in [3.05, 3.63) is 75.7 Å². The fourth-order valence-corrected chi connectivity index (χ4v) is 5.34. The summed E-state index contributed by atoms with van der Waals surface area (Å²) in [5.74, 6) is -2.28. The maximum atomic E-state index is 13.7. The fraction of sp³-hybridized carbons (Fsp3) is 0.250. The van der Waals surface area contributed by atoms with Gasteiger partial charge in [-0.15, -0.1) is 11.3 Å². The maximum Gasteiger partial charge on any atom is 0.226 e. The molecule has 2 unspecified atom stereocenters. The highest BCUT2D eigenvalue weighted by Gasteiger charge is 2.31. The van der Waals surface area contributed by atoms with E-state index in [4.69, 9.17) is 5.73 Å². The molecule has 1 aliphatic rings. The van der Waals surface area contributed by atoms with Crippen LogP contribution in [0.4, 0.5) is 13.8 Å². The molecular formula is C24H21F2N3OS. The normalized spacial score (nSPS) is 15.9. The van der Waals surface area contributed by atoms with Crippen LogP contribution in [-0.4, -0.2) is 11.9 Å². The lowest BCUT2D eigenvalue weighted by Gasteiger charge is -2.20. The van der Waals surface area contributed by atoms with Crippen molar-refractivity contribution >= 4 is 22.2 Å². The Morgan fingerprint density at radius 3 is 2.71 bits per heavy atom. The highest BCUT2D eigenvalue weighted by molar-refractivity contribution is 7.17. The molecule has 158 valence electrons. The Labute approximate surface area is 183 Å². The number of hydrogen-bond acceptors (Lipinski definition) is 4. The summed E-state index contributed by atoms with van der Waals surface area (Å²) in [4.78, 5) is 13.6. The second-order valence-electron chi connectivity index (χ2n) is 7.74. The Kier molecular flexibility index (Phi) is 5.86. The van der Waals surface area contributed by atoms with Gasteiger partial charge in [-0.3, -0.25) is 4.79 Å². The SMILES string of the molecule is Cc1sc(NC(=O)CC(N)C2CCc3cc(F)c(F)cc32)c(C#N)c1-c1ccccc1. The monoisotopic (exact) mass is 437 g/mol. The molecule has 1 aromatic heterocycles. The van der Waals surface area contributed by atoms with Crippen LogP contribution in [0.3, 0.4) is 0 Å². The molecule has 7 heteroatoms. The van der Waals surface area contributed by atoms with Gasteiger partial charge in [-0.1, -0.05) is 30.3 Å². The molecule has 0 bridgehead atoms. The zero-order valence-corrected chi connectivity index (χ0v) is 17.7. The van der Waals surface area contributed by atoms with E-state index in [2.05, 4.69) is 11.4 Å². The number of nitriles is 1. The molecule has 3 N–H and O–H groups in total. The quantitative estimate of drug-likeness (QED) is 0.572. The van der Waals surface area contributed by atoms with E-state index in [9.17, 15) is 18.8 Å². The van der Waals surface area contributed by atoms with Crippen molar-refractivity contribution in [1.29, 1.82) is 5.26 Å². The van der Waals surface area contributed by atoms with Crippen molar-refractivity contribution in [3.63, 3.8) is 0 Å². The number of anilines is 1. The highest BCUT2D eigenvalue weighted by atomic mass is 32.1. The zero-order valence-electron chi connectivity index (χ0n) is 16.9. The van der Waals surface area contributed by atoms with E-state index in [1.54, 1.807) is 0 Å². The third-order valence-corrected chi connectivity index (χ3v) is 6.78. The van der Waals surface area contributed by atoms with Crippen LogP contribution in [0.5, 0.6) is 0 Å². The molecule has 0 fully saturated rings. The number of hydrogen-bond donors (Lipinski definition) is 2. The van der Waals surface area contributed by atoms with E-state index in [1.807, 2.05) is 37.3 Å². The topological polar surface area (TPSA) is 78.9 Å². The molecule has 0 aliphatic heterocycles. The molecule has 0 saturated heterocycles. The van der Waals surface area contributed by atoms with Crippen molar-refractivity contribution in [2.75, 3.05) is 5.32 Å². The van der Waals surface area contributed by atoms with Crippen LogP contribution in [0.15, 0.2) is 42.5 Å². The van der Waals surface area contributed by atoms with E-state index in [0.717, 1.165) is 21.6 Å². The zero-order chi connectivity index (χ0) is 22.1. The number of halogens is 2. The van der Waals surface area contributed by atoms with Gasteiger partial charge in [-0.25, -0.2) is 8.78 Å². The van der Waals surface area contributed by atoms with E-state index in [1.165, 1.54) is 23.5 Å². The minimum atomic E-state index is -0.900. The molecule has 4 rings (SSSR count). The number of carbonyl (C=O) groups is 1. The van der Waals surface area contributed by atoms with E-state index < -0.39 is 17.7 Å². The standard InChI is InChI=1S/C24H21F2N3OS/c1-13-23(14-5-3-2-4-6-14)18(12-27)24(31-13)29-22(30)11-21(28)16-8-7-15-9-19(25)20(26)10-17(15)16/h2-6,9-10,16,21H,7-8,11,28H2,1H3,(H,29,30). The smallest absolute Gasteiger partial charge is 0.226 e. The first kappa shape index (κ1) is 21.2. The van der Waals surface area contributed by atoms with Gasteiger partial charge in [0.2, 0.25) is 5.91 Å². The maximum absolute atomic E-state index is 13.7. The predicted octanol–water partition coefficient (Wildman–Crippen LogP) is 5.26. The molecule has 0 saturated carbocycles. The summed E-state index contributed by atoms with van der Waals surface area (Å²) in [6.45, 7) is 1.92. The summed E-state index contributed by atoms with van der Waals surface area (Å²) in [6, 6.07) is 13.7. The molecule has 1 aliphatic carbocycles. The lowest BCUT2D eigenvalue weighted by molar-refractivity contribution is -0.116. The van der Waals surface area contributed by atoms with Gasteiger partial charge in [0, 0.05) is 28.8 Å². The van der Waals surface area contributed by atoms with Crippen LogP contribution in [-0.2, 0) is 11.2 Å². The van der Waals surface area contributed by atoms with Gasteiger partial charge in [-0.05, 0) is 48.6 Å². The van der Waals surface area contributed by atoms with Gasteiger partial charge < -0.3 is 11.1 Å². The van der Waals surface area contributed by atoms with Gasteiger partial charge in [0.1, 0.15) is 11.1 Å². The summed E-state index contributed by atoms with van der Waals surface area (Å²) < 4.78 is 27.2. The van der Waals surface area contributed by atoms with Crippen molar-refractivity contribution < 1.29 is 13.6 Å². The lowest BCUT2D eigenvalue weighted by Crippen LogP contribution is -2.32. The number of rotatable bonds is 5. The molecule has 1 heterocycles. The summed E-state index contributed by atoms with van der Waals surface area (Å²) in [7, 11) is 0. The van der Waals surface area contributed by atoms with Crippen molar-refractivity contribution in [3.8, 4) is 17.2 Å². The van der Waals surface area contributed by atoms with Gasteiger partial charge in [0.15, 0.2) is 11.6 Å². The van der Waals surface area contributed by atoms with Gasteiger partial charge in [0.05, 0.1) is 5.56 Å². The third-order valence-electron chi connectivity index (χ3n) is 5.76. The van der Waals surface area contributed by atoms with Crippen molar-refractivity contribution in [2.45, 2.75) is 38.1 Å². The van der Waals surface area contributed by atoms with Crippen LogP contribution in [0.1, 0.15) is 40.3 Å². The molecule has 2 atom stereocenters. The predicted molar refractivity (Wildman–Crippen MR) is 118 cm³/mol. The first-order valence-electron chi connectivity index (χ1n) is 10.0. The van der Waals surface area contributed by atoms with Crippen LogP contribution in [0.2, 0.25) is 0 Å². The summed E-state index contributed by atoms with van der Waals surface area (Å²) in [6.07, 6.45) is 1.27. The number of carbonyl (C=O) groups excluding carboxylic acids is 1. The van der Waals surface area contributed by atoms with E-state index >= 15 is 0 Å². The van der Waals surface area contributed by atoms with Crippen LogP contribution >= 0.6 is 11.3 Å². The molecule has 3 aromatic rings. The second kappa shape index (κ2) is 8.58. The Balaban J connectivity index is 1.51. The Morgan fingerprint density at radius 2 is 2.00 bits per heavy atom. The first-order valence-corrected chi connectivity index (χ1v) is 10.8. The lowest BCUT2D eigenvalue weighted by atomic mass is 9.91. The van der Waals surface area contributed by atoms with E-state index in [0.29, 0.717) is 29.0 Å². The molecule has 0 spiro atoms. The van der Waals surface area contributed by atoms with Gasteiger partial charge in [-0.2, -0.15) is 5.26 Å². The molecule has 2 aromatic carbocycles. The first-order chi connectivity index (χ1) is 14.9. The number of nitrogens with one attached hydrogen (secondary N) is 1. The molecule has 4 nitrogen and oxygen atoms in total. The number of thiophene rings is 1. The second-order valence-corrected chi connectivity index (χ2v) is 8.97. The largest absolute Gasteiger partial charge is 0.327 e. The minimum absolute atomic E-state index is 0.0194. The summed E-state index contributed by atoms with van der Waals surface area (Å²) in [5.41, 5.74) is 9.88. The Hall–Kier alpha value is -3.08. The third kappa shape index (κ3) is 4.09. The number of benzene rings is 2. The number of fused-ring (bicyclic) bond motifs is 1. The fourth-order valence-electron chi connectivity index (χ4n) is 4.30. The highest BCUT2D eigenvalue weighted by Crippen LogP contribution is 2.40. The van der Waals surface area contributed by atoms with Crippen molar-refractivity contribution in [1.82, 2.24) is 0 Å². The van der Waals surface area contributed by atoms with Gasteiger partial charge >= 0.3 is 0 Å². The van der Waals surface area contributed by atoms with Crippen LogP contribution in [0, 0.1) is 29.9 Å². The number of amides is 1. The average Bonchev–Trinajstić information content (AvgIpc) is 3.28. The molecular weight excluding hydrogens is 416 g/mol. The number of aryl methyl sites for hydroxylation is 2. The number of nitrogens with zero attached hydrogens (tertiary/aromatic N) is 1.